The van der Waals surface area contributed by atoms with E-state index in [1.54, 1.807) is 25.2 Å². The van der Waals surface area contributed by atoms with Gasteiger partial charge in [0.25, 0.3) is 0 Å². The first-order valence-electron chi connectivity index (χ1n) is 8.34. The number of benzene rings is 1. The predicted molar refractivity (Wildman–Crippen MR) is 104 cm³/mol. The standard InChI is InChI=1S/C17H25N3O3S2/c1-11(2)25(22,23)19-8-6-5-7-15(21)20-14-9-12(3)16-17(13(14)4)24-10-18-16/h9-11,19H,5-8H2,1-4H3,(H,20,21). The van der Waals surface area contributed by atoms with Gasteiger partial charge in [0.1, 0.15) is 0 Å². The van der Waals surface area contributed by atoms with Crippen LogP contribution in [0.2, 0.25) is 0 Å². The highest BCUT2D eigenvalue weighted by Crippen LogP contribution is 2.31. The van der Waals surface area contributed by atoms with Gasteiger partial charge in [-0.2, -0.15) is 0 Å². The van der Waals surface area contributed by atoms with Crippen LogP contribution < -0.4 is 10.0 Å². The van der Waals surface area contributed by atoms with Crippen molar-refractivity contribution in [1.82, 2.24) is 9.71 Å². The number of hydrogen-bond donors (Lipinski definition) is 2. The highest BCUT2D eigenvalue weighted by Gasteiger charge is 2.14. The summed E-state index contributed by atoms with van der Waals surface area (Å²) in [6.45, 7) is 7.60. The number of sulfonamides is 1. The van der Waals surface area contributed by atoms with Crippen LogP contribution in [0.5, 0.6) is 0 Å². The Morgan fingerprint density at radius 1 is 1.28 bits per heavy atom. The molecule has 0 aliphatic rings. The van der Waals surface area contributed by atoms with Crippen LogP contribution >= 0.6 is 11.3 Å². The first kappa shape index (κ1) is 19.8. The number of thiazole rings is 1. The number of anilines is 1. The van der Waals surface area contributed by atoms with Gasteiger partial charge in [0, 0.05) is 18.7 Å². The Bertz CT molecular complexity index is 857. The predicted octanol–water partition coefficient (Wildman–Crippen LogP) is 3.35. The zero-order chi connectivity index (χ0) is 18.6. The maximum atomic E-state index is 12.2. The van der Waals surface area contributed by atoms with Gasteiger partial charge in [0.15, 0.2) is 0 Å². The Morgan fingerprint density at radius 3 is 2.68 bits per heavy atom. The van der Waals surface area contributed by atoms with Gasteiger partial charge >= 0.3 is 0 Å². The lowest BCUT2D eigenvalue weighted by atomic mass is 10.1. The zero-order valence-corrected chi connectivity index (χ0v) is 16.7. The average Bonchev–Trinajstić information content (AvgIpc) is 3.02. The van der Waals surface area contributed by atoms with Gasteiger partial charge in [-0.1, -0.05) is 0 Å². The monoisotopic (exact) mass is 383 g/mol. The van der Waals surface area contributed by atoms with Crippen LogP contribution in [0.25, 0.3) is 10.2 Å². The Kier molecular flexibility index (Phi) is 6.53. The lowest BCUT2D eigenvalue weighted by Crippen LogP contribution is -2.31. The van der Waals surface area contributed by atoms with Crippen LogP contribution in [0.4, 0.5) is 5.69 Å². The van der Waals surface area contributed by atoms with E-state index in [-0.39, 0.29) is 5.91 Å². The molecule has 0 spiro atoms. The molecule has 2 N–H and O–H groups in total. The molecule has 0 unspecified atom stereocenters. The fraction of sp³-hybridized carbons (Fsp3) is 0.529. The van der Waals surface area contributed by atoms with E-state index in [2.05, 4.69) is 15.0 Å². The van der Waals surface area contributed by atoms with Crippen molar-refractivity contribution in [2.45, 2.75) is 52.2 Å². The fourth-order valence-corrected chi connectivity index (χ4v) is 4.08. The number of aromatic nitrogens is 1. The summed E-state index contributed by atoms with van der Waals surface area (Å²) < 4.78 is 26.9. The molecule has 8 heteroatoms. The summed E-state index contributed by atoms with van der Waals surface area (Å²) in [4.78, 5) is 16.5. The minimum absolute atomic E-state index is 0.0573. The van der Waals surface area contributed by atoms with Gasteiger partial charge in [-0.05, 0) is 57.7 Å². The van der Waals surface area contributed by atoms with Gasteiger partial charge in [-0.15, -0.1) is 11.3 Å². The van der Waals surface area contributed by atoms with Crippen molar-refractivity contribution in [2.75, 3.05) is 11.9 Å². The molecule has 6 nitrogen and oxygen atoms in total. The molecule has 1 amide bonds. The maximum Gasteiger partial charge on any atom is 0.224 e. The summed E-state index contributed by atoms with van der Waals surface area (Å²) >= 11 is 1.57. The summed E-state index contributed by atoms with van der Waals surface area (Å²) in [5.74, 6) is -0.0573. The molecule has 25 heavy (non-hydrogen) atoms. The molecule has 1 heterocycles. The minimum atomic E-state index is -3.23. The quantitative estimate of drug-likeness (QED) is 0.684. The van der Waals surface area contributed by atoms with Crippen molar-refractivity contribution < 1.29 is 13.2 Å². The normalized spacial score (nSPS) is 12.0. The molecule has 0 saturated heterocycles. The van der Waals surface area contributed by atoms with E-state index in [0.717, 1.165) is 27.0 Å². The minimum Gasteiger partial charge on any atom is -0.326 e. The second kappa shape index (κ2) is 8.25. The van der Waals surface area contributed by atoms with Crippen LogP contribution in [-0.4, -0.2) is 31.1 Å². The number of carbonyl (C=O) groups is 1. The number of fused-ring (bicyclic) bond motifs is 1. The van der Waals surface area contributed by atoms with Crippen molar-refractivity contribution >= 4 is 43.2 Å². The first-order valence-corrected chi connectivity index (χ1v) is 10.8. The van der Waals surface area contributed by atoms with E-state index in [0.29, 0.717) is 25.8 Å². The molecule has 1 aromatic carbocycles. The lowest BCUT2D eigenvalue weighted by Gasteiger charge is -2.11. The summed E-state index contributed by atoms with van der Waals surface area (Å²) in [5, 5.41) is 2.52. The smallest absolute Gasteiger partial charge is 0.224 e. The van der Waals surface area contributed by atoms with E-state index >= 15 is 0 Å². The van der Waals surface area contributed by atoms with Gasteiger partial charge in [0.05, 0.1) is 21.0 Å². The number of nitrogens with one attached hydrogen (secondary N) is 2. The van der Waals surface area contributed by atoms with E-state index < -0.39 is 15.3 Å². The first-order chi connectivity index (χ1) is 11.7. The number of rotatable bonds is 8. The third-order valence-electron chi connectivity index (χ3n) is 4.07. The SMILES string of the molecule is Cc1cc(NC(=O)CCCCNS(=O)(=O)C(C)C)c(C)c2scnc12. The Labute approximate surface area is 153 Å². The molecule has 0 fully saturated rings. The molecular weight excluding hydrogens is 358 g/mol. The van der Waals surface area contributed by atoms with Crippen molar-refractivity contribution in [3.63, 3.8) is 0 Å². The molecule has 2 rings (SSSR count). The number of nitrogens with zero attached hydrogens (tertiary/aromatic N) is 1. The summed E-state index contributed by atoms with van der Waals surface area (Å²) in [6.07, 6.45) is 1.63. The number of aryl methyl sites for hydroxylation is 2. The second-order valence-electron chi connectivity index (χ2n) is 6.39. The van der Waals surface area contributed by atoms with Gasteiger partial charge in [-0.3, -0.25) is 4.79 Å². The Morgan fingerprint density at radius 2 is 2.00 bits per heavy atom. The molecule has 0 radical (unpaired) electrons. The Hall–Kier alpha value is -1.51. The van der Waals surface area contributed by atoms with Gasteiger partial charge in [-0.25, -0.2) is 18.1 Å². The highest BCUT2D eigenvalue weighted by molar-refractivity contribution is 7.90. The van der Waals surface area contributed by atoms with Crippen molar-refractivity contribution in [3.8, 4) is 0 Å². The van der Waals surface area contributed by atoms with Crippen LogP contribution in [0, 0.1) is 13.8 Å². The largest absolute Gasteiger partial charge is 0.326 e. The Balaban J connectivity index is 1.84. The third-order valence-corrected chi connectivity index (χ3v) is 6.87. The van der Waals surface area contributed by atoms with E-state index in [4.69, 9.17) is 0 Å². The molecule has 2 aromatic rings. The van der Waals surface area contributed by atoms with E-state index in [1.807, 2.05) is 25.4 Å². The average molecular weight is 384 g/mol. The number of hydrogen-bond acceptors (Lipinski definition) is 5. The summed E-state index contributed by atoms with van der Waals surface area (Å²) in [5.41, 5.74) is 5.69. The maximum absolute atomic E-state index is 12.2. The third kappa shape index (κ3) is 4.99. The van der Waals surface area contributed by atoms with Crippen LogP contribution in [0.15, 0.2) is 11.6 Å². The lowest BCUT2D eigenvalue weighted by molar-refractivity contribution is -0.116. The van der Waals surface area contributed by atoms with Crippen LogP contribution in [0.3, 0.4) is 0 Å². The molecule has 1 aromatic heterocycles. The number of carbonyl (C=O) groups excluding carboxylic acids is 1. The summed E-state index contributed by atoms with van der Waals surface area (Å²) in [6, 6.07) is 1.95. The van der Waals surface area contributed by atoms with Crippen molar-refractivity contribution in [1.29, 1.82) is 0 Å². The van der Waals surface area contributed by atoms with Crippen LogP contribution in [-0.2, 0) is 14.8 Å². The molecule has 138 valence electrons. The van der Waals surface area contributed by atoms with Gasteiger partial charge < -0.3 is 5.32 Å². The second-order valence-corrected chi connectivity index (χ2v) is 9.57. The number of amides is 1. The van der Waals surface area contributed by atoms with E-state index in [1.165, 1.54) is 0 Å². The zero-order valence-electron chi connectivity index (χ0n) is 15.0. The molecule has 0 bridgehead atoms. The number of unbranched alkanes of at least 4 members (excludes halogenated alkanes) is 1. The molecule has 0 aliphatic heterocycles. The summed E-state index contributed by atoms with van der Waals surface area (Å²) in [7, 11) is -3.23. The molecule has 0 saturated carbocycles. The fourth-order valence-electron chi connectivity index (χ4n) is 2.44. The van der Waals surface area contributed by atoms with Crippen molar-refractivity contribution in [2.24, 2.45) is 0 Å². The van der Waals surface area contributed by atoms with Crippen molar-refractivity contribution in [3.05, 3.63) is 22.7 Å². The van der Waals surface area contributed by atoms with E-state index in [9.17, 15) is 13.2 Å². The topological polar surface area (TPSA) is 88.2 Å². The van der Waals surface area contributed by atoms with Gasteiger partial charge in [0.2, 0.25) is 15.9 Å². The molecule has 0 atom stereocenters. The van der Waals surface area contributed by atoms with Crippen LogP contribution in [0.1, 0.15) is 44.2 Å². The molecular formula is C17H25N3O3S2. The molecule has 0 aliphatic carbocycles. The highest BCUT2D eigenvalue weighted by atomic mass is 32.2.